The van der Waals surface area contributed by atoms with Crippen molar-refractivity contribution in [3.63, 3.8) is 0 Å². The molecule has 2 saturated heterocycles. The number of aliphatic hydroxyl groups is 1. The predicted molar refractivity (Wildman–Crippen MR) is 76.0 cm³/mol. The molecule has 1 spiro atoms. The number of methoxy groups -OCH3 is 1. The lowest BCUT2D eigenvalue weighted by Crippen LogP contribution is -2.69. The van der Waals surface area contributed by atoms with Gasteiger partial charge in [0.15, 0.2) is 11.4 Å². The Morgan fingerprint density at radius 1 is 1.52 bits per heavy atom. The zero-order chi connectivity index (χ0) is 15.5. The summed E-state index contributed by atoms with van der Waals surface area (Å²) in [6.07, 6.45) is 2.75. The molecule has 1 saturated carbocycles. The Kier molecular flexibility index (Phi) is 3.34. The molecule has 0 aromatic rings. The second-order valence-corrected chi connectivity index (χ2v) is 6.86. The van der Waals surface area contributed by atoms with E-state index < -0.39 is 22.9 Å². The largest absolute Gasteiger partial charge is 0.380 e. The Bertz CT molecular complexity index is 491. The predicted octanol–water partition coefficient (Wildman–Crippen LogP) is 1.38. The summed E-state index contributed by atoms with van der Waals surface area (Å²) in [6.45, 7) is 6.39. The summed E-state index contributed by atoms with van der Waals surface area (Å²) in [7, 11) is 1.46. The van der Waals surface area contributed by atoms with Gasteiger partial charge in [-0.2, -0.15) is 0 Å². The highest BCUT2D eigenvalue weighted by Crippen LogP contribution is 2.61. The molecule has 1 unspecified atom stereocenters. The highest BCUT2D eigenvalue weighted by molar-refractivity contribution is 5.87. The maximum absolute atomic E-state index is 12.2. The van der Waals surface area contributed by atoms with E-state index in [2.05, 4.69) is 6.08 Å². The van der Waals surface area contributed by atoms with E-state index in [1.165, 1.54) is 12.7 Å². The molecule has 0 aromatic heterocycles. The Morgan fingerprint density at radius 3 is 2.71 bits per heavy atom. The smallest absolute Gasteiger partial charge is 0.164 e. The Balaban J connectivity index is 1.90. The maximum atomic E-state index is 12.2. The molecule has 3 aliphatic rings. The van der Waals surface area contributed by atoms with Gasteiger partial charge in [0.05, 0.1) is 12.7 Å². The molecule has 1 N–H and O–H groups in total. The van der Waals surface area contributed by atoms with Crippen molar-refractivity contribution in [1.82, 2.24) is 0 Å². The normalized spacial score (nSPS) is 48.3. The fourth-order valence-electron chi connectivity index (χ4n) is 3.80. The molecule has 3 rings (SSSR count). The van der Waals surface area contributed by atoms with Crippen LogP contribution in [0.4, 0.5) is 0 Å². The Morgan fingerprint density at radius 2 is 2.19 bits per heavy atom. The molecule has 118 valence electrons. The topological polar surface area (TPSA) is 71.6 Å². The first-order chi connectivity index (χ1) is 9.81. The molecule has 5 atom stereocenters. The van der Waals surface area contributed by atoms with Crippen LogP contribution in [0, 0.1) is 0 Å². The van der Waals surface area contributed by atoms with Gasteiger partial charge < -0.3 is 19.3 Å². The molecular formula is C16H24O5. The molecule has 3 fully saturated rings. The fourth-order valence-corrected chi connectivity index (χ4v) is 3.80. The minimum absolute atomic E-state index is 0.0705. The summed E-state index contributed by atoms with van der Waals surface area (Å²) in [4.78, 5) is 12.2. The molecule has 1 aliphatic carbocycles. The lowest BCUT2D eigenvalue weighted by molar-refractivity contribution is -0.193. The van der Waals surface area contributed by atoms with Gasteiger partial charge in [0, 0.05) is 13.5 Å². The van der Waals surface area contributed by atoms with Crippen molar-refractivity contribution in [3.8, 4) is 0 Å². The van der Waals surface area contributed by atoms with Crippen LogP contribution in [-0.2, 0) is 19.0 Å². The van der Waals surface area contributed by atoms with Crippen LogP contribution in [0.25, 0.3) is 0 Å². The fraction of sp³-hybridized carbons (Fsp3) is 0.812. The molecule has 5 nitrogen and oxygen atoms in total. The van der Waals surface area contributed by atoms with Crippen LogP contribution in [0.15, 0.2) is 11.6 Å². The van der Waals surface area contributed by atoms with Crippen LogP contribution in [-0.4, -0.2) is 53.6 Å². The number of allylic oxidation sites excluding steroid dienone is 1. The van der Waals surface area contributed by atoms with Crippen molar-refractivity contribution < 1.29 is 24.1 Å². The summed E-state index contributed by atoms with van der Waals surface area (Å²) >= 11 is 0. The van der Waals surface area contributed by atoms with Crippen molar-refractivity contribution in [1.29, 1.82) is 0 Å². The number of carbonyl (C=O) groups excluding carboxylic acids is 1. The number of hydrogen-bond donors (Lipinski definition) is 1. The molecule has 2 heterocycles. The maximum Gasteiger partial charge on any atom is 0.164 e. The molecule has 2 aliphatic heterocycles. The van der Waals surface area contributed by atoms with Gasteiger partial charge in [0.25, 0.3) is 0 Å². The van der Waals surface area contributed by atoms with E-state index in [4.69, 9.17) is 14.2 Å². The third kappa shape index (κ3) is 1.95. The molecule has 0 aromatic carbocycles. The number of ketones is 1. The van der Waals surface area contributed by atoms with E-state index in [1.54, 1.807) is 0 Å². The van der Waals surface area contributed by atoms with E-state index in [1.807, 2.05) is 20.8 Å². The van der Waals surface area contributed by atoms with Gasteiger partial charge in [0.1, 0.15) is 17.3 Å². The van der Waals surface area contributed by atoms with E-state index in [0.29, 0.717) is 19.4 Å². The van der Waals surface area contributed by atoms with E-state index >= 15 is 0 Å². The zero-order valence-corrected chi connectivity index (χ0v) is 13.1. The number of ether oxygens (including phenoxy) is 3. The van der Waals surface area contributed by atoms with Crippen LogP contribution >= 0.6 is 0 Å². The number of Topliss-reactive ketones (excluding diaryl/α,β-unsaturated/α-hetero) is 1. The monoisotopic (exact) mass is 296 g/mol. The highest BCUT2D eigenvalue weighted by atomic mass is 16.7. The minimum atomic E-state index is -1.41. The van der Waals surface area contributed by atoms with Crippen LogP contribution in [0.2, 0.25) is 0 Å². The van der Waals surface area contributed by atoms with Crippen LogP contribution in [0.1, 0.15) is 40.0 Å². The van der Waals surface area contributed by atoms with Gasteiger partial charge in [-0.05, 0) is 33.6 Å². The van der Waals surface area contributed by atoms with Gasteiger partial charge in [-0.3, -0.25) is 4.79 Å². The Labute approximate surface area is 125 Å². The first-order valence-corrected chi connectivity index (χ1v) is 7.54. The summed E-state index contributed by atoms with van der Waals surface area (Å²) in [5.41, 5.74) is -1.69. The average Bonchev–Trinajstić information content (AvgIpc) is 3.31. The van der Waals surface area contributed by atoms with Crippen LogP contribution in [0.3, 0.4) is 0 Å². The SMILES string of the molecule is CO[C@@H]1C(=O)CC[C@]2(CO2)[C@@]1(O)[C@]1(C)OC1CC=C(C)C. The second-order valence-electron chi connectivity index (χ2n) is 6.86. The lowest BCUT2D eigenvalue weighted by Gasteiger charge is -2.45. The second kappa shape index (κ2) is 4.62. The molecule has 21 heavy (non-hydrogen) atoms. The van der Waals surface area contributed by atoms with Crippen molar-refractivity contribution in [2.75, 3.05) is 13.7 Å². The quantitative estimate of drug-likeness (QED) is 0.627. The summed E-state index contributed by atoms with van der Waals surface area (Å²) in [6, 6.07) is 0. The number of hydrogen-bond acceptors (Lipinski definition) is 5. The number of carbonyl (C=O) groups is 1. The number of rotatable bonds is 4. The summed E-state index contributed by atoms with van der Waals surface area (Å²) < 4.78 is 16.8. The molecule has 0 bridgehead atoms. The molecule has 0 radical (unpaired) electrons. The van der Waals surface area contributed by atoms with Crippen molar-refractivity contribution in [2.24, 2.45) is 0 Å². The van der Waals surface area contributed by atoms with Gasteiger partial charge in [-0.1, -0.05) is 11.6 Å². The van der Waals surface area contributed by atoms with Gasteiger partial charge in [-0.25, -0.2) is 0 Å². The third-order valence-electron chi connectivity index (χ3n) is 5.31. The van der Waals surface area contributed by atoms with E-state index in [0.717, 1.165) is 6.42 Å². The third-order valence-corrected chi connectivity index (χ3v) is 5.31. The molecule has 5 heteroatoms. The minimum Gasteiger partial charge on any atom is -0.380 e. The van der Waals surface area contributed by atoms with Crippen LogP contribution < -0.4 is 0 Å². The van der Waals surface area contributed by atoms with E-state index in [9.17, 15) is 9.90 Å². The average molecular weight is 296 g/mol. The first kappa shape index (κ1) is 15.2. The number of epoxide rings is 2. The standard InChI is InChI=1S/C16H24O5/c1-10(2)5-6-12-14(3,21-12)16(18)13(19-4)11(17)7-8-15(16)9-20-15/h5,12-13,18H,6-9H2,1-4H3/t12?,13-,14-,15+,16+/m1/s1. The summed E-state index contributed by atoms with van der Waals surface area (Å²) in [5.74, 6) is -0.0705. The van der Waals surface area contributed by atoms with Crippen molar-refractivity contribution >= 4 is 5.78 Å². The molecule has 0 amide bonds. The van der Waals surface area contributed by atoms with Gasteiger partial charge in [-0.15, -0.1) is 0 Å². The van der Waals surface area contributed by atoms with Crippen molar-refractivity contribution in [2.45, 2.75) is 69.0 Å². The van der Waals surface area contributed by atoms with Crippen molar-refractivity contribution in [3.05, 3.63) is 11.6 Å². The van der Waals surface area contributed by atoms with Gasteiger partial charge >= 0.3 is 0 Å². The summed E-state index contributed by atoms with van der Waals surface area (Å²) in [5, 5.41) is 11.4. The van der Waals surface area contributed by atoms with Gasteiger partial charge in [0.2, 0.25) is 0 Å². The highest BCUT2D eigenvalue weighted by Gasteiger charge is 2.81. The zero-order valence-electron chi connectivity index (χ0n) is 13.1. The molecular weight excluding hydrogens is 272 g/mol. The van der Waals surface area contributed by atoms with E-state index in [-0.39, 0.29) is 11.9 Å². The lowest BCUT2D eigenvalue weighted by atomic mass is 9.65. The first-order valence-electron chi connectivity index (χ1n) is 7.54. The van der Waals surface area contributed by atoms with Crippen LogP contribution in [0.5, 0.6) is 0 Å². The Hall–Kier alpha value is -0.750.